The van der Waals surface area contributed by atoms with Crippen molar-refractivity contribution in [1.29, 1.82) is 0 Å². The van der Waals surface area contributed by atoms with Gasteiger partial charge in [0.15, 0.2) is 0 Å². The fraction of sp³-hybridized carbons (Fsp3) is 0.944. The van der Waals surface area contributed by atoms with E-state index in [1.165, 1.54) is 44.9 Å². The van der Waals surface area contributed by atoms with Crippen LogP contribution in [-0.4, -0.2) is 29.2 Å². The third kappa shape index (κ3) is 6.27. The van der Waals surface area contributed by atoms with Gasteiger partial charge in [-0.2, -0.15) is 0 Å². The summed E-state index contributed by atoms with van der Waals surface area (Å²) in [5, 5.41) is 0. The molecule has 3 heteroatoms. The van der Waals surface area contributed by atoms with E-state index in [1.807, 2.05) is 25.7 Å². The number of carbonyl (C=O) groups is 1. The summed E-state index contributed by atoms with van der Waals surface area (Å²) in [6, 6.07) is 0.420. The summed E-state index contributed by atoms with van der Waals surface area (Å²) in [6.07, 6.45) is 9.90. The van der Waals surface area contributed by atoms with E-state index in [9.17, 15) is 4.79 Å². The predicted octanol–water partition coefficient (Wildman–Crippen LogP) is 5.38. The Morgan fingerprint density at radius 3 is 2.29 bits per heavy atom. The highest BCUT2D eigenvalue weighted by molar-refractivity contribution is 5.69. The summed E-state index contributed by atoms with van der Waals surface area (Å²) in [5.74, 6) is 0.694. The average molecular weight is 297 g/mol. The minimum Gasteiger partial charge on any atom is -0.444 e. The van der Waals surface area contributed by atoms with Crippen LogP contribution in [0.3, 0.4) is 0 Å². The molecular formula is C18H35NO2. The standard InChI is InChI=1S/C18H35NO2/c1-6-8-10-11-13-16-15(12-9-7-2)14-19(16)17(20)21-18(3,4)5/h15-16H,6-14H2,1-5H3/t15-,16+/m0/s1. The quantitative estimate of drug-likeness (QED) is 0.563. The van der Waals surface area contributed by atoms with Gasteiger partial charge in [-0.1, -0.05) is 52.4 Å². The maximum atomic E-state index is 12.3. The largest absolute Gasteiger partial charge is 0.444 e. The molecule has 0 saturated carbocycles. The summed E-state index contributed by atoms with van der Waals surface area (Å²) in [7, 11) is 0. The highest BCUT2D eigenvalue weighted by Gasteiger charge is 2.42. The third-order valence-corrected chi connectivity index (χ3v) is 4.29. The van der Waals surface area contributed by atoms with Crippen LogP contribution in [0.5, 0.6) is 0 Å². The molecule has 21 heavy (non-hydrogen) atoms. The lowest BCUT2D eigenvalue weighted by atomic mass is 9.81. The van der Waals surface area contributed by atoms with Crippen molar-refractivity contribution in [2.75, 3.05) is 6.54 Å². The topological polar surface area (TPSA) is 29.5 Å². The molecule has 1 heterocycles. The van der Waals surface area contributed by atoms with Crippen molar-refractivity contribution in [2.45, 2.75) is 97.6 Å². The zero-order valence-corrected chi connectivity index (χ0v) is 14.8. The minimum atomic E-state index is -0.391. The van der Waals surface area contributed by atoms with Crippen molar-refractivity contribution in [3.63, 3.8) is 0 Å². The van der Waals surface area contributed by atoms with Gasteiger partial charge >= 0.3 is 6.09 Å². The first kappa shape index (κ1) is 18.3. The maximum Gasteiger partial charge on any atom is 0.410 e. The first-order valence-corrected chi connectivity index (χ1v) is 8.88. The highest BCUT2D eigenvalue weighted by Crippen LogP contribution is 2.34. The van der Waals surface area contributed by atoms with Crippen molar-refractivity contribution in [2.24, 2.45) is 5.92 Å². The number of rotatable bonds is 8. The van der Waals surface area contributed by atoms with Gasteiger partial charge in [0.1, 0.15) is 5.60 Å². The van der Waals surface area contributed by atoms with Gasteiger partial charge in [-0.05, 0) is 39.5 Å². The second-order valence-corrected chi connectivity index (χ2v) is 7.45. The molecule has 0 unspecified atom stereocenters. The molecule has 1 fully saturated rings. The zero-order chi connectivity index (χ0) is 15.9. The second kappa shape index (κ2) is 8.65. The van der Waals surface area contributed by atoms with Crippen molar-refractivity contribution in [1.82, 2.24) is 4.90 Å². The number of nitrogens with zero attached hydrogens (tertiary/aromatic N) is 1. The predicted molar refractivity (Wildman–Crippen MR) is 88.5 cm³/mol. The molecule has 0 aromatic rings. The molecule has 0 radical (unpaired) electrons. The smallest absolute Gasteiger partial charge is 0.410 e. The van der Waals surface area contributed by atoms with E-state index in [0.717, 1.165) is 13.0 Å². The SMILES string of the molecule is CCCCCC[C@@H]1[C@@H](CCCC)CN1C(=O)OC(C)(C)C. The van der Waals surface area contributed by atoms with Crippen LogP contribution < -0.4 is 0 Å². The number of ether oxygens (including phenoxy) is 1. The molecule has 0 bridgehead atoms. The number of hydrogen-bond donors (Lipinski definition) is 0. The van der Waals surface area contributed by atoms with Crippen LogP contribution in [0, 0.1) is 5.92 Å². The van der Waals surface area contributed by atoms with Crippen LogP contribution in [0.15, 0.2) is 0 Å². The van der Waals surface area contributed by atoms with Gasteiger partial charge in [0.2, 0.25) is 0 Å². The fourth-order valence-electron chi connectivity index (χ4n) is 3.08. The lowest BCUT2D eigenvalue weighted by Crippen LogP contribution is -2.59. The average Bonchev–Trinajstić information content (AvgIpc) is 2.35. The van der Waals surface area contributed by atoms with Crippen LogP contribution >= 0.6 is 0 Å². The Kier molecular flexibility index (Phi) is 7.55. The van der Waals surface area contributed by atoms with E-state index >= 15 is 0 Å². The number of unbranched alkanes of at least 4 members (excludes halogenated alkanes) is 4. The number of amides is 1. The summed E-state index contributed by atoms with van der Waals surface area (Å²) in [6.45, 7) is 11.2. The van der Waals surface area contributed by atoms with Crippen LogP contribution in [0.2, 0.25) is 0 Å². The van der Waals surface area contributed by atoms with E-state index in [1.54, 1.807) is 0 Å². The van der Waals surface area contributed by atoms with E-state index in [2.05, 4.69) is 13.8 Å². The number of likely N-dealkylation sites (tertiary alicyclic amines) is 1. The third-order valence-electron chi connectivity index (χ3n) is 4.29. The Bertz CT molecular complexity index is 309. The molecule has 0 N–H and O–H groups in total. The molecule has 2 atom stereocenters. The van der Waals surface area contributed by atoms with Crippen LogP contribution in [0.1, 0.15) is 86.0 Å². The lowest BCUT2D eigenvalue weighted by Gasteiger charge is -2.48. The molecule has 1 rings (SSSR count). The van der Waals surface area contributed by atoms with Gasteiger partial charge in [0, 0.05) is 12.6 Å². The lowest BCUT2D eigenvalue weighted by molar-refractivity contribution is -0.0353. The first-order valence-electron chi connectivity index (χ1n) is 8.88. The minimum absolute atomic E-state index is 0.115. The molecule has 124 valence electrons. The van der Waals surface area contributed by atoms with Crippen molar-refractivity contribution < 1.29 is 9.53 Å². The molecule has 3 nitrogen and oxygen atoms in total. The van der Waals surface area contributed by atoms with Crippen LogP contribution in [0.4, 0.5) is 4.79 Å². The van der Waals surface area contributed by atoms with Crippen molar-refractivity contribution >= 4 is 6.09 Å². The fourth-order valence-corrected chi connectivity index (χ4v) is 3.08. The first-order chi connectivity index (χ1) is 9.89. The van der Waals surface area contributed by atoms with E-state index in [4.69, 9.17) is 4.74 Å². The molecule has 0 spiro atoms. The van der Waals surface area contributed by atoms with Gasteiger partial charge in [-0.25, -0.2) is 4.79 Å². The highest BCUT2D eigenvalue weighted by atomic mass is 16.6. The summed E-state index contributed by atoms with van der Waals surface area (Å²) < 4.78 is 5.54. The summed E-state index contributed by atoms with van der Waals surface area (Å²) in [4.78, 5) is 14.2. The van der Waals surface area contributed by atoms with E-state index in [-0.39, 0.29) is 6.09 Å². The van der Waals surface area contributed by atoms with Gasteiger partial charge in [-0.15, -0.1) is 0 Å². The molecule has 0 aromatic heterocycles. The second-order valence-electron chi connectivity index (χ2n) is 7.45. The van der Waals surface area contributed by atoms with Gasteiger partial charge in [-0.3, -0.25) is 0 Å². The Morgan fingerprint density at radius 2 is 1.71 bits per heavy atom. The Hall–Kier alpha value is -0.730. The Balaban J connectivity index is 2.47. The summed E-state index contributed by atoms with van der Waals surface area (Å²) in [5.41, 5.74) is -0.391. The van der Waals surface area contributed by atoms with Gasteiger partial charge in [0.25, 0.3) is 0 Å². The normalized spacial score (nSPS) is 22.0. The molecule has 1 aliphatic heterocycles. The molecule has 1 saturated heterocycles. The zero-order valence-electron chi connectivity index (χ0n) is 14.8. The molecular weight excluding hydrogens is 262 g/mol. The summed E-state index contributed by atoms with van der Waals surface area (Å²) >= 11 is 0. The van der Waals surface area contributed by atoms with Crippen molar-refractivity contribution in [3.8, 4) is 0 Å². The molecule has 0 aliphatic carbocycles. The monoisotopic (exact) mass is 297 g/mol. The van der Waals surface area contributed by atoms with Crippen molar-refractivity contribution in [3.05, 3.63) is 0 Å². The molecule has 0 aromatic carbocycles. The van der Waals surface area contributed by atoms with Gasteiger partial charge in [0.05, 0.1) is 0 Å². The molecule has 1 aliphatic rings. The Morgan fingerprint density at radius 1 is 1.05 bits per heavy atom. The van der Waals surface area contributed by atoms with Gasteiger partial charge < -0.3 is 9.64 Å². The molecule has 1 amide bonds. The Labute approximate surface area is 131 Å². The van der Waals surface area contributed by atoms with Crippen LogP contribution in [0.25, 0.3) is 0 Å². The van der Waals surface area contributed by atoms with Crippen LogP contribution in [-0.2, 0) is 4.74 Å². The number of hydrogen-bond acceptors (Lipinski definition) is 2. The maximum absolute atomic E-state index is 12.3. The number of carbonyl (C=O) groups excluding carboxylic acids is 1. The van der Waals surface area contributed by atoms with E-state index < -0.39 is 5.60 Å². The van der Waals surface area contributed by atoms with E-state index in [0.29, 0.717) is 12.0 Å².